The molecule has 0 aliphatic heterocycles. The third-order valence-electron chi connectivity index (χ3n) is 5.02. The molecule has 8 heteroatoms. The molecule has 0 saturated heterocycles. The Bertz CT molecular complexity index is 925. The van der Waals surface area contributed by atoms with Crippen LogP contribution >= 0.6 is 0 Å². The van der Waals surface area contributed by atoms with Crippen molar-refractivity contribution in [3.63, 3.8) is 0 Å². The maximum atomic E-state index is 12.8. The van der Waals surface area contributed by atoms with Crippen LogP contribution in [0.2, 0.25) is 0 Å². The number of nitrogens with one attached hydrogen (secondary N) is 1. The summed E-state index contributed by atoms with van der Waals surface area (Å²) in [5, 5.41) is 12.9. The Hall–Kier alpha value is -1.90. The van der Waals surface area contributed by atoms with Gasteiger partial charge in [-0.3, -0.25) is 0 Å². The highest BCUT2D eigenvalue weighted by molar-refractivity contribution is 7.91. The number of benzene rings is 2. The first-order chi connectivity index (χ1) is 13.9. The normalized spacial score (nSPS) is 14.7. The Morgan fingerprint density at radius 2 is 1.60 bits per heavy atom. The standard InChI is InChI=1S/C22H28F3NO3S/c1-15(2)30(28,29)14-17-7-9-18(10-8-17)16(3)12-26-13-21(27)19-5-4-6-20(11-19)22(23,24)25/h4-11,15-16,21,26-27H,12-14H2,1-3H3. The number of hydrogen-bond donors (Lipinski definition) is 2. The summed E-state index contributed by atoms with van der Waals surface area (Å²) in [4.78, 5) is 0. The van der Waals surface area contributed by atoms with Crippen molar-refractivity contribution in [2.45, 2.75) is 50.0 Å². The largest absolute Gasteiger partial charge is 0.416 e. The Balaban J connectivity index is 1.89. The summed E-state index contributed by atoms with van der Waals surface area (Å²) in [6, 6.07) is 12.0. The summed E-state index contributed by atoms with van der Waals surface area (Å²) >= 11 is 0. The van der Waals surface area contributed by atoms with Gasteiger partial charge in [0.25, 0.3) is 0 Å². The number of aliphatic hydroxyl groups excluding tert-OH is 1. The second kappa shape index (κ2) is 9.94. The van der Waals surface area contributed by atoms with E-state index in [0.717, 1.165) is 23.3 Å². The number of rotatable bonds is 9. The van der Waals surface area contributed by atoms with E-state index in [1.807, 2.05) is 19.1 Å². The summed E-state index contributed by atoms with van der Waals surface area (Å²) in [5.74, 6) is 0.0790. The lowest BCUT2D eigenvalue weighted by Crippen LogP contribution is -2.25. The Morgan fingerprint density at radius 1 is 0.967 bits per heavy atom. The maximum absolute atomic E-state index is 12.8. The van der Waals surface area contributed by atoms with Crippen LogP contribution in [0, 0.1) is 0 Å². The minimum absolute atomic E-state index is 0.000754. The number of aliphatic hydroxyl groups is 1. The molecule has 4 nitrogen and oxygen atoms in total. The van der Waals surface area contributed by atoms with Gasteiger partial charge < -0.3 is 10.4 Å². The highest BCUT2D eigenvalue weighted by Crippen LogP contribution is 2.30. The van der Waals surface area contributed by atoms with Gasteiger partial charge in [-0.2, -0.15) is 13.2 Å². The van der Waals surface area contributed by atoms with Gasteiger partial charge in [-0.05, 0) is 48.6 Å². The first-order valence-corrected chi connectivity index (χ1v) is 11.5. The first kappa shape index (κ1) is 24.4. The minimum atomic E-state index is -4.45. The van der Waals surface area contributed by atoms with Crippen LogP contribution < -0.4 is 5.32 Å². The quantitative estimate of drug-likeness (QED) is 0.601. The summed E-state index contributed by atoms with van der Waals surface area (Å²) < 4.78 is 62.5. The molecule has 2 N–H and O–H groups in total. The topological polar surface area (TPSA) is 66.4 Å². The third kappa shape index (κ3) is 6.82. The van der Waals surface area contributed by atoms with E-state index in [2.05, 4.69) is 5.32 Å². The van der Waals surface area contributed by atoms with Gasteiger partial charge in [0.2, 0.25) is 0 Å². The molecular weight excluding hydrogens is 415 g/mol. The van der Waals surface area contributed by atoms with Gasteiger partial charge in [0, 0.05) is 13.1 Å². The van der Waals surface area contributed by atoms with Gasteiger partial charge >= 0.3 is 6.18 Å². The fourth-order valence-electron chi connectivity index (χ4n) is 2.94. The van der Waals surface area contributed by atoms with Crippen molar-refractivity contribution in [2.24, 2.45) is 0 Å². The summed E-state index contributed by atoms with van der Waals surface area (Å²) in [6.45, 7) is 5.93. The van der Waals surface area contributed by atoms with Crippen LogP contribution in [0.4, 0.5) is 13.2 Å². The van der Waals surface area contributed by atoms with E-state index >= 15 is 0 Å². The van der Waals surface area contributed by atoms with Gasteiger partial charge in [0.1, 0.15) is 0 Å². The van der Waals surface area contributed by atoms with Crippen molar-refractivity contribution in [3.8, 4) is 0 Å². The van der Waals surface area contributed by atoms with E-state index in [0.29, 0.717) is 6.54 Å². The number of alkyl halides is 3. The van der Waals surface area contributed by atoms with Crippen LogP contribution in [0.1, 0.15) is 55.0 Å². The summed E-state index contributed by atoms with van der Waals surface area (Å²) in [6.07, 6.45) is -5.50. The SMILES string of the molecule is CC(CNCC(O)c1cccc(C(F)(F)F)c1)c1ccc(CS(=O)(=O)C(C)C)cc1. The van der Waals surface area contributed by atoms with E-state index in [1.54, 1.807) is 26.0 Å². The molecule has 2 rings (SSSR count). The summed E-state index contributed by atoms with van der Waals surface area (Å²) in [7, 11) is -3.16. The van der Waals surface area contributed by atoms with Gasteiger partial charge in [-0.25, -0.2) is 8.42 Å². The molecule has 0 spiro atoms. The van der Waals surface area contributed by atoms with Crippen molar-refractivity contribution in [1.29, 1.82) is 0 Å². The van der Waals surface area contributed by atoms with Gasteiger partial charge in [0.05, 0.1) is 22.7 Å². The van der Waals surface area contributed by atoms with Crippen molar-refractivity contribution >= 4 is 9.84 Å². The van der Waals surface area contributed by atoms with Crippen LogP contribution in [-0.2, 0) is 21.8 Å². The molecule has 30 heavy (non-hydrogen) atoms. The van der Waals surface area contributed by atoms with E-state index in [9.17, 15) is 26.7 Å². The number of halogens is 3. The van der Waals surface area contributed by atoms with Gasteiger partial charge in [0.15, 0.2) is 9.84 Å². The van der Waals surface area contributed by atoms with E-state index in [-0.39, 0.29) is 23.8 Å². The van der Waals surface area contributed by atoms with E-state index in [1.165, 1.54) is 12.1 Å². The second-order valence-electron chi connectivity index (χ2n) is 7.80. The predicted octanol–water partition coefficient (Wildman–Crippen LogP) is 4.46. The van der Waals surface area contributed by atoms with Crippen LogP contribution in [-0.4, -0.2) is 31.9 Å². The Labute approximate surface area is 176 Å². The van der Waals surface area contributed by atoms with Crippen LogP contribution in [0.3, 0.4) is 0 Å². The smallest absolute Gasteiger partial charge is 0.387 e. The average molecular weight is 444 g/mol. The van der Waals surface area contributed by atoms with Crippen LogP contribution in [0.15, 0.2) is 48.5 Å². The zero-order valence-corrected chi connectivity index (χ0v) is 18.1. The first-order valence-electron chi connectivity index (χ1n) is 9.76. The van der Waals surface area contributed by atoms with E-state index in [4.69, 9.17) is 0 Å². The fraction of sp³-hybridized carbons (Fsp3) is 0.455. The molecule has 0 fully saturated rings. The molecule has 2 unspecified atom stereocenters. The molecule has 0 amide bonds. The van der Waals surface area contributed by atoms with Crippen molar-refractivity contribution < 1.29 is 26.7 Å². The predicted molar refractivity (Wildman–Crippen MR) is 112 cm³/mol. The van der Waals surface area contributed by atoms with E-state index < -0.39 is 32.9 Å². The van der Waals surface area contributed by atoms with Crippen LogP contribution in [0.5, 0.6) is 0 Å². The monoisotopic (exact) mass is 443 g/mol. The van der Waals surface area contributed by atoms with Crippen LogP contribution in [0.25, 0.3) is 0 Å². The lowest BCUT2D eigenvalue weighted by atomic mass is 10.00. The maximum Gasteiger partial charge on any atom is 0.416 e. The van der Waals surface area contributed by atoms with Gasteiger partial charge in [-0.1, -0.05) is 43.3 Å². The Morgan fingerprint density at radius 3 is 2.17 bits per heavy atom. The lowest BCUT2D eigenvalue weighted by molar-refractivity contribution is -0.137. The minimum Gasteiger partial charge on any atom is -0.387 e. The number of hydrogen-bond acceptors (Lipinski definition) is 4. The molecule has 0 aliphatic carbocycles. The number of sulfone groups is 1. The van der Waals surface area contributed by atoms with Crippen molar-refractivity contribution in [3.05, 3.63) is 70.8 Å². The molecule has 0 aliphatic rings. The molecule has 0 aromatic heterocycles. The van der Waals surface area contributed by atoms with Gasteiger partial charge in [-0.15, -0.1) is 0 Å². The molecule has 166 valence electrons. The molecule has 0 radical (unpaired) electrons. The van der Waals surface area contributed by atoms with Crippen molar-refractivity contribution in [2.75, 3.05) is 13.1 Å². The third-order valence-corrected chi connectivity index (χ3v) is 7.19. The molecule has 0 heterocycles. The highest BCUT2D eigenvalue weighted by atomic mass is 32.2. The highest BCUT2D eigenvalue weighted by Gasteiger charge is 2.30. The zero-order valence-electron chi connectivity index (χ0n) is 17.3. The zero-order chi connectivity index (χ0) is 22.5. The molecular formula is C22H28F3NO3S. The Kier molecular flexibility index (Phi) is 8.07. The molecule has 2 aromatic rings. The molecule has 2 atom stereocenters. The molecule has 0 bridgehead atoms. The average Bonchev–Trinajstić information content (AvgIpc) is 2.67. The lowest BCUT2D eigenvalue weighted by Gasteiger charge is -2.17. The molecule has 0 saturated carbocycles. The fourth-order valence-corrected chi connectivity index (χ4v) is 3.93. The summed E-state index contributed by atoms with van der Waals surface area (Å²) in [5.41, 5.74) is 1.15. The van der Waals surface area contributed by atoms with Crippen molar-refractivity contribution in [1.82, 2.24) is 5.32 Å². The second-order valence-corrected chi connectivity index (χ2v) is 10.4. The molecule has 2 aromatic carbocycles.